The monoisotopic (exact) mass is 555 g/mol. The van der Waals surface area contributed by atoms with Crippen LogP contribution in [0.4, 0.5) is 0 Å². The molecule has 8 heteroatoms. The van der Waals surface area contributed by atoms with Gasteiger partial charge >= 0.3 is 0 Å². The van der Waals surface area contributed by atoms with Crippen LogP contribution in [0.3, 0.4) is 0 Å². The number of aromatic hydroxyl groups is 1. The number of phenolic OH excluding ortho intramolecular Hbond substituents is 1. The van der Waals surface area contributed by atoms with Gasteiger partial charge in [-0.25, -0.2) is 0 Å². The predicted octanol–water partition coefficient (Wildman–Crippen LogP) is 3.30. The Morgan fingerprint density at radius 2 is 1.90 bits per heavy atom. The van der Waals surface area contributed by atoms with Gasteiger partial charge in [0.2, 0.25) is 0 Å². The summed E-state index contributed by atoms with van der Waals surface area (Å²) in [5, 5.41) is 22.7. The van der Waals surface area contributed by atoms with E-state index in [1.54, 1.807) is 0 Å². The maximum Gasteiger partial charge on any atom is 0.133 e. The highest BCUT2D eigenvalue weighted by molar-refractivity contribution is 14.1. The largest absolute Gasteiger partial charge is 0.506 e. The molecule has 4 nitrogen and oxygen atoms in total. The zero-order valence-corrected chi connectivity index (χ0v) is 17.1. The Balaban J connectivity index is 0.00000200. The smallest absolute Gasteiger partial charge is 0.133 e. The van der Waals surface area contributed by atoms with Gasteiger partial charge in [-0.3, -0.25) is 4.90 Å². The van der Waals surface area contributed by atoms with Crippen molar-refractivity contribution in [1.29, 1.82) is 5.26 Å². The summed E-state index contributed by atoms with van der Waals surface area (Å²) in [6.07, 6.45) is 0.406. The van der Waals surface area contributed by atoms with Crippen LogP contribution >= 0.6 is 70.0 Å². The van der Waals surface area contributed by atoms with Crippen LogP contribution < -0.4 is 5.32 Å². The second-order valence-corrected chi connectivity index (χ2v) is 6.90. The molecule has 21 heavy (non-hydrogen) atoms. The van der Waals surface area contributed by atoms with Crippen molar-refractivity contribution in [1.82, 2.24) is 10.2 Å². The number of nitriles is 1. The van der Waals surface area contributed by atoms with Gasteiger partial charge in [0, 0.05) is 35.3 Å². The minimum atomic E-state index is -0.0182. The van der Waals surface area contributed by atoms with Crippen molar-refractivity contribution in [3.05, 3.63) is 24.8 Å². The van der Waals surface area contributed by atoms with Crippen molar-refractivity contribution in [3.63, 3.8) is 0 Å². The molecule has 1 aromatic carbocycles. The van der Waals surface area contributed by atoms with Gasteiger partial charge in [0.15, 0.2) is 0 Å². The Kier molecular flexibility index (Phi) is 10.5. The van der Waals surface area contributed by atoms with Gasteiger partial charge in [0.05, 0.1) is 22.1 Å². The highest BCUT2D eigenvalue weighted by Crippen LogP contribution is 2.35. The number of nitrogens with zero attached hydrogens (tertiary/aromatic N) is 2. The third-order valence-electron chi connectivity index (χ3n) is 3.29. The summed E-state index contributed by atoms with van der Waals surface area (Å²) in [6, 6.07) is 6.17. The molecule has 1 aromatic rings. The number of halogens is 4. The SMILES string of the molecule is Cl.Cl.N#CC[C@H](c1cc(I)cc(I)c1O)N1CCNCC1. The van der Waals surface area contributed by atoms with Crippen molar-refractivity contribution in [3.8, 4) is 11.8 Å². The molecule has 1 atom stereocenters. The molecule has 0 radical (unpaired) electrons. The normalized spacial score (nSPS) is 16.2. The first-order valence-corrected chi connectivity index (χ1v) is 8.29. The third-order valence-corrected chi connectivity index (χ3v) is 4.74. The van der Waals surface area contributed by atoms with Crippen molar-refractivity contribution < 1.29 is 5.11 Å². The molecule has 0 saturated carbocycles. The lowest BCUT2D eigenvalue weighted by molar-refractivity contribution is 0.173. The summed E-state index contributed by atoms with van der Waals surface area (Å²) >= 11 is 4.39. The molecule has 1 saturated heterocycles. The lowest BCUT2D eigenvalue weighted by Gasteiger charge is -2.34. The van der Waals surface area contributed by atoms with Crippen LogP contribution in [-0.2, 0) is 0 Å². The fourth-order valence-corrected chi connectivity index (χ4v) is 4.25. The average molecular weight is 556 g/mol. The summed E-state index contributed by atoms with van der Waals surface area (Å²) in [6.45, 7) is 3.69. The van der Waals surface area contributed by atoms with Gasteiger partial charge in [-0.2, -0.15) is 5.26 Å². The molecule has 0 bridgehead atoms. The standard InChI is InChI=1S/C13H15I2N3O.2ClH/c14-9-7-10(13(19)11(15)8-9)12(1-2-16)18-5-3-17-4-6-18;;/h7-8,12,17,19H,1,3-6H2;2*1H/t12-;;/m1../s1. The summed E-state index contributed by atoms with van der Waals surface area (Å²) in [5.41, 5.74) is 0.875. The summed E-state index contributed by atoms with van der Waals surface area (Å²) in [4.78, 5) is 2.28. The van der Waals surface area contributed by atoms with E-state index in [0.29, 0.717) is 12.2 Å². The Hall–Kier alpha value is 0.470. The molecular weight excluding hydrogens is 539 g/mol. The Morgan fingerprint density at radius 3 is 2.48 bits per heavy atom. The Labute approximate surface area is 164 Å². The van der Waals surface area contributed by atoms with Crippen molar-refractivity contribution in [2.45, 2.75) is 12.5 Å². The van der Waals surface area contributed by atoms with E-state index in [2.05, 4.69) is 61.5 Å². The van der Waals surface area contributed by atoms with Crippen LogP contribution in [0, 0.1) is 18.5 Å². The van der Waals surface area contributed by atoms with E-state index >= 15 is 0 Å². The van der Waals surface area contributed by atoms with Crippen molar-refractivity contribution >= 4 is 70.0 Å². The van der Waals surface area contributed by atoms with E-state index in [0.717, 1.165) is 38.9 Å². The molecule has 0 aliphatic carbocycles. The molecule has 1 fully saturated rings. The van der Waals surface area contributed by atoms with Crippen LogP contribution in [0.15, 0.2) is 12.1 Å². The highest BCUT2D eigenvalue weighted by Gasteiger charge is 2.25. The number of piperazine rings is 1. The number of phenols is 1. The number of nitrogens with one attached hydrogen (secondary N) is 1. The van der Waals surface area contributed by atoms with Gasteiger partial charge in [-0.1, -0.05) is 0 Å². The molecule has 118 valence electrons. The molecule has 0 spiro atoms. The van der Waals surface area contributed by atoms with Gasteiger partial charge in [0.25, 0.3) is 0 Å². The Bertz CT molecular complexity index is 505. The average Bonchev–Trinajstić information content (AvgIpc) is 2.41. The van der Waals surface area contributed by atoms with E-state index in [1.807, 2.05) is 12.1 Å². The summed E-state index contributed by atoms with van der Waals surface area (Å²) < 4.78 is 1.94. The lowest BCUT2D eigenvalue weighted by Crippen LogP contribution is -2.45. The van der Waals surface area contributed by atoms with Crippen molar-refractivity contribution in [2.24, 2.45) is 0 Å². The van der Waals surface area contributed by atoms with Gasteiger partial charge < -0.3 is 10.4 Å². The minimum absolute atomic E-state index is 0. The fraction of sp³-hybridized carbons (Fsp3) is 0.462. The Morgan fingerprint density at radius 1 is 1.29 bits per heavy atom. The maximum atomic E-state index is 10.3. The molecule has 1 aliphatic heterocycles. The first-order chi connectivity index (χ1) is 9.13. The van der Waals surface area contributed by atoms with Gasteiger partial charge in [-0.05, 0) is 57.3 Å². The first-order valence-electron chi connectivity index (χ1n) is 6.13. The second-order valence-electron chi connectivity index (χ2n) is 4.49. The molecule has 1 aliphatic rings. The fourth-order valence-electron chi connectivity index (χ4n) is 2.36. The number of benzene rings is 1. The van der Waals surface area contributed by atoms with E-state index in [-0.39, 0.29) is 30.9 Å². The number of hydrogen-bond donors (Lipinski definition) is 2. The zero-order valence-electron chi connectivity index (χ0n) is 11.2. The van der Waals surface area contributed by atoms with Gasteiger partial charge in [-0.15, -0.1) is 24.8 Å². The highest BCUT2D eigenvalue weighted by atomic mass is 127. The van der Waals surface area contributed by atoms with E-state index in [1.165, 1.54) is 0 Å². The molecule has 0 aromatic heterocycles. The molecule has 1 heterocycles. The quantitative estimate of drug-likeness (QED) is 0.562. The van der Waals surface area contributed by atoms with Crippen LogP contribution in [0.5, 0.6) is 5.75 Å². The van der Waals surface area contributed by atoms with Crippen LogP contribution in [0.25, 0.3) is 0 Å². The van der Waals surface area contributed by atoms with Crippen LogP contribution in [0.2, 0.25) is 0 Å². The summed E-state index contributed by atoms with van der Waals surface area (Å²) in [5.74, 6) is 0.319. The lowest BCUT2D eigenvalue weighted by atomic mass is 10.0. The second kappa shape index (κ2) is 10.3. The molecule has 0 unspecified atom stereocenters. The molecule has 0 amide bonds. The van der Waals surface area contributed by atoms with E-state index < -0.39 is 0 Å². The third kappa shape index (κ3) is 5.55. The molecule has 2 rings (SSSR count). The van der Waals surface area contributed by atoms with Gasteiger partial charge in [0.1, 0.15) is 5.75 Å². The number of rotatable bonds is 3. The van der Waals surface area contributed by atoms with Crippen LogP contribution in [0.1, 0.15) is 18.0 Å². The first kappa shape index (κ1) is 21.5. The maximum absolute atomic E-state index is 10.3. The van der Waals surface area contributed by atoms with Crippen LogP contribution in [-0.4, -0.2) is 36.2 Å². The van der Waals surface area contributed by atoms with E-state index in [4.69, 9.17) is 5.26 Å². The predicted molar refractivity (Wildman–Crippen MR) is 105 cm³/mol. The van der Waals surface area contributed by atoms with E-state index in [9.17, 15) is 5.11 Å². The summed E-state index contributed by atoms with van der Waals surface area (Å²) in [7, 11) is 0. The van der Waals surface area contributed by atoms with Crippen molar-refractivity contribution in [2.75, 3.05) is 26.2 Å². The minimum Gasteiger partial charge on any atom is -0.506 e. The molecular formula is C13H17Cl2I2N3O. The topological polar surface area (TPSA) is 59.3 Å². The zero-order chi connectivity index (χ0) is 13.8. The number of hydrogen-bond acceptors (Lipinski definition) is 4. The molecule has 2 N–H and O–H groups in total.